The maximum Gasteiger partial charge on any atom is 0.329 e. The van der Waals surface area contributed by atoms with E-state index in [2.05, 4.69) is 13.0 Å². The number of benzene rings is 1. The molecule has 4 heteroatoms. The highest BCUT2D eigenvalue weighted by Gasteiger charge is 2.38. The Labute approximate surface area is 132 Å². The van der Waals surface area contributed by atoms with E-state index in [1.165, 1.54) is 5.56 Å². The Kier molecular flexibility index (Phi) is 5.22. The molecule has 1 atom stereocenters. The highest BCUT2D eigenvalue weighted by Crippen LogP contribution is 2.28. The molecule has 1 aliphatic heterocycles. The van der Waals surface area contributed by atoms with Crippen LogP contribution in [0.2, 0.25) is 0 Å². The van der Waals surface area contributed by atoms with Crippen LogP contribution in [-0.4, -0.2) is 29.4 Å². The van der Waals surface area contributed by atoms with E-state index in [1.807, 2.05) is 26.0 Å². The SMILES string of the molecule is CCCc1ccc2c(c1)CN(C(C(=O)OCC)C(C)C)C2=O. The summed E-state index contributed by atoms with van der Waals surface area (Å²) in [5.41, 5.74) is 2.98. The third-order valence-corrected chi connectivity index (χ3v) is 4.04. The summed E-state index contributed by atoms with van der Waals surface area (Å²) in [6.45, 7) is 8.64. The summed E-state index contributed by atoms with van der Waals surface area (Å²) in [6.07, 6.45) is 2.08. The Balaban J connectivity index is 2.27. The average molecular weight is 303 g/mol. The molecule has 4 nitrogen and oxygen atoms in total. The summed E-state index contributed by atoms with van der Waals surface area (Å²) < 4.78 is 5.15. The van der Waals surface area contributed by atoms with Gasteiger partial charge in [0.15, 0.2) is 0 Å². The third kappa shape index (κ3) is 3.16. The number of carbonyl (C=O) groups is 2. The van der Waals surface area contributed by atoms with Gasteiger partial charge in [-0.05, 0) is 36.5 Å². The lowest BCUT2D eigenvalue weighted by Gasteiger charge is -2.28. The third-order valence-electron chi connectivity index (χ3n) is 4.04. The first-order valence-corrected chi connectivity index (χ1v) is 8.09. The van der Waals surface area contributed by atoms with E-state index in [-0.39, 0.29) is 17.8 Å². The van der Waals surface area contributed by atoms with Crippen molar-refractivity contribution in [2.75, 3.05) is 6.61 Å². The summed E-state index contributed by atoms with van der Waals surface area (Å²) in [4.78, 5) is 26.5. The van der Waals surface area contributed by atoms with Gasteiger partial charge in [-0.25, -0.2) is 4.79 Å². The first-order valence-electron chi connectivity index (χ1n) is 8.09. The second-order valence-electron chi connectivity index (χ2n) is 6.12. The molecule has 0 N–H and O–H groups in total. The first-order chi connectivity index (χ1) is 10.5. The highest BCUT2D eigenvalue weighted by molar-refractivity contribution is 6.00. The molecular weight excluding hydrogens is 278 g/mol. The molecule has 1 heterocycles. The van der Waals surface area contributed by atoms with Gasteiger partial charge in [-0.2, -0.15) is 0 Å². The predicted octanol–water partition coefficient (Wildman–Crippen LogP) is 3.18. The molecule has 120 valence electrons. The molecule has 0 aliphatic carbocycles. The zero-order valence-corrected chi connectivity index (χ0v) is 13.9. The number of esters is 1. The Morgan fingerprint density at radius 1 is 1.32 bits per heavy atom. The minimum Gasteiger partial charge on any atom is -0.464 e. The molecular formula is C18H25NO3. The number of rotatable bonds is 6. The van der Waals surface area contributed by atoms with Crippen molar-refractivity contribution >= 4 is 11.9 Å². The van der Waals surface area contributed by atoms with E-state index in [0.29, 0.717) is 13.2 Å². The maximum absolute atomic E-state index is 12.6. The molecule has 22 heavy (non-hydrogen) atoms. The number of carbonyl (C=O) groups excluding carboxylic acids is 2. The molecule has 1 aromatic carbocycles. The van der Waals surface area contributed by atoms with Gasteiger partial charge in [-0.1, -0.05) is 39.3 Å². The number of aryl methyl sites for hydroxylation is 1. The molecule has 0 saturated carbocycles. The number of hydrogen-bond acceptors (Lipinski definition) is 3. The first kappa shape index (κ1) is 16.5. The van der Waals surface area contributed by atoms with Crippen LogP contribution in [0.4, 0.5) is 0 Å². The molecule has 0 bridgehead atoms. The number of hydrogen-bond donors (Lipinski definition) is 0. The maximum atomic E-state index is 12.6. The molecule has 1 amide bonds. The molecule has 0 spiro atoms. The summed E-state index contributed by atoms with van der Waals surface area (Å²) in [6, 6.07) is 5.48. The molecule has 1 unspecified atom stereocenters. The van der Waals surface area contributed by atoms with Gasteiger partial charge in [-0.15, -0.1) is 0 Å². The van der Waals surface area contributed by atoms with Crippen molar-refractivity contribution in [3.05, 3.63) is 34.9 Å². The van der Waals surface area contributed by atoms with Gasteiger partial charge >= 0.3 is 5.97 Å². The Hall–Kier alpha value is -1.84. The smallest absolute Gasteiger partial charge is 0.329 e. The van der Waals surface area contributed by atoms with Crippen molar-refractivity contribution in [1.82, 2.24) is 4.90 Å². The van der Waals surface area contributed by atoms with Crippen LogP contribution < -0.4 is 0 Å². The fourth-order valence-corrected chi connectivity index (χ4v) is 3.05. The normalized spacial score (nSPS) is 15.1. The zero-order chi connectivity index (χ0) is 16.3. The van der Waals surface area contributed by atoms with Crippen LogP contribution in [0.1, 0.15) is 55.6 Å². The summed E-state index contributed by atoms with van der Waals surface area (Å²) in [7, 11) is 0. The van der Waals surface area contributed by atoms with Crippen LogP contribution in [0.25, 0.3) is 0 Å². The molecule has 1 aliphatic rings. The van der Waals surface area contributed by atoms with Gasteiger partial charge in [0.05, 0.1) is 6.61 Å². The molecule has 0 radical (unpaired) electrons. The van der Waals surface area contributed by atoms with E-state index < -0.39 is 6.04 Å². The fourth-order valence-electron chi connectivity index (χ4n) is 3.05. The van der Waals surface area contributed by atoms with E-state index in [1.54, 1.807) is 11.8 Å². The topological polar surface area (TPSA) is 46.6 Å². The standard InChI is InChI=1S/C18H25NO3/c1-5-7-13-8-9-15-14(10-13)11-19(17(15)20)16(12(3)4)18(21)22-6-2/h8-10,12,16H,5-7,11H2,1-4H3. The Morgan fingerprint density at radius 2 is 2.05 bits per heavy atom. The summed E-state index contributed by atoms with van der Waals surface area (Å²) >= 11 is 0. The van der Waals surface area contributed by atoms with Crippen molar-refractivity contribution in [3.8, 4) is 0 Å². The second kappa shape index (κ2) is 6.95. The van der Waals surface area contributed by atoms with Crippen LogP contribution in [0.15, 0.2) is 18.2 Å². The van der Waals surface area contributed by atoms with E-state index in [0.717, 1.165) is 24.0 Å². The van der Waals surface area contributed by atoms with Gasteiger partial charge < -0.3 is 9.64 Å². The van der Waals surface area contributed by atoms with Crippen molar-refractivity contribution in [3.63, 3.8) is 0 Å². The number of amides is 1. The van der Waals surface area contributed by atoms with E-state index in [9.17, 15) is 9.59 Å². The van der Waals surface area contributed by atoms with Gasteiger partial charge in [-0.3, -0.25) is 4.79 Å². The van der Waals surface area contributed by atoms with Gasteiger partial charge in [0, 0.05) is 12.1 Å². The van der Waals surface area contributed by atoms with Crippen LogP contribution in [0.5, 0.6) is 0 Å². The summed E-state index contributed by atoms with van der Waals surface area (Å²) in [5.74, 6) is -0.357. The second-order valence-corrected chi connectivity index (χ2v) is 6.12. The van der Waals surface area contributed by atoms with Crippen LogP contribution in [-0.2, 0) is 22.5 Å². The van der Waals surface area contributed by atoms with Gasteiger partial charge in [0.1, 0.15) is 6.04 Å². The van der Waals surface area contributed by atoms with Crippen molar-refractivity contribution in [1.29, 1.82) is 0 Å². The van der Waals surface area contributed by atoms with Gasteiger partial charge in [0.2, 0.25) is 0 Å². The lowest BCUT2D eigenvalue weighted by Crippen LogP contribution is -2.45. The molecule has 1 aromatic rings. The fraction of sp³-hybridized carbons (Fsp3) is 0.556. The Morgan fingerprint density at radius 3 is 2.64 bits per heavy atom. The number of ether oxygens (including phenoxy) is 1. The average Bonchev–Trinajstić information content (AvgIpc) is 2.76. The quantitative estimate of drug-likeness (QED) is 0.758. The van der Waals surface area contributed by atoms with E-state index >= 15 is 0 Å². The van der Waals surface area contributed by atoms with E-state index in [4.69, 9.17) is 4.74 Å². The monoisotopic (exact) mass is 303 g/mol. The number of fused-ring (bicyclic) bond motifs is 1. The van der Waals surface area contributed by atoms with Crippen molar-refractivity contribution in [2.24, 2.45) is 5.92 Å². The molecule has 0 aromatic heterocycles. The minimum atomic E-state index is -0.519. The van der Waals surface area contributed by atoms with Gasteiger partial charge in [0.25, 0.3) is 5.91 Å². The zero-order valence-electron chi connectivity index (χ0n) is 13.9. The van der Waals surface area contributed by atoms with Crippen LogP contribution >= 0.6 is 0 Å². The largest absolute Gasteiger partial charge is 0.464 e. The van der Waals surface area contributed by atoms with Crippen molar-refractivity contribution in [2.45, 2.75) is 53.1 Å². The molecule has 0 saturated heterocycles. The van der Waals surface area contributed by atoms with Crippen LogP contribution in [0.3, 0.4) is 0 Å². The molecule has 2 rings (SSSR count). The summed E-state index contributed by atoms with van der Waals surface area (Å²) in [5, 5.41) is 0. The van der Waals surface area contributed by atoms with Crippen molar-refractivity contribution < 1.29 is 14.3 Å². The highest BCUT2D eigenvalue weighted by atomic mass is 16.5. The predicted molar refractivity (Wildman–Crippen MR) is 85.6 cm³/mol. The Bertz CT molecular complexity index is 565. The minimum absolute atomic E-state index is 0.0208. The molecule has 0 fully saturated rings. The number of nitrogens with zero attached hydrogens (tertiary/aromatic N) is 1. The lowest BCUT2D eigenvalue weighted by atomic mass is 10.0. The van der Waals surface area contributed by atoms with Crippen LogP contribution in [0, 0.1) is 5.92 Å². The lowest BCUT2D eigenvalue weighted by molar-refractivity contribution is -0.150.